The van der Waals surface area contributed by atoms with Crippen molar-refractivity contribution < 1.29 is 9.47 Å². The van der Waals surface area contributed by atoms with Gasteiger partial charge in [0.25, 0.3) is 5.17 Å². The molecule has 0 spiro atoms. The van der Waals surface area contributed by atoms with Crippen LogP contribution >= 0.6 is 12.2 Å². The highest BCUT2D eigenvalue weighted by atomic mass is 32.1. The Labute approximate surface area is 99.9 Å². The van der Waals surface area contributed by atoms with Crippen LogP contribution < -0.4 is 5.73 Å². The minimum Gasteiger partial charge on any atom is -0.466 e. The van der Waals surface area contributed by atoms with Gasteiger partial charge in [0, 0.05) is 18.3 Å². The van der Waals surface area contributed by atoms with Crippen molar-refractivity contribution in [2.45, 2.75) is 12.3 Å². The molecule has 0 saturated carbocycles. The first-order valence-corrected chi connectivity index (χ1v) is 5.55. The molecule has 2 atom stereocenters. The van der Waals surface area contributed by atoms with Gasteiger partial charge in [0.05, 0.1) is 6.61 Å². The quantitative estimate of drug-likeness (QED) is 0.685. The molecule has 2 aliphatic heterocycles. The maximum absolute atomic E-state index is 5.64. The molecule has 0 radical (unpaired) electrons. The summed E-state index contributed by atoms with van der Waals surface area (Å²) in [5, 5.41) is 0.0538. The highest BCUT2D eigenvalue weighted by molar-refractivity contribution is 7.80. The third-order valence-corrected chi connectivity index (χ3v) is 2.77. The van der Waals surface area contributed by atoms with E-state index < -0.39 is 0 Å². The molecule has 5 nitrogen and oxygen atoms in total. The molecule has 2 unspecified atom stereocenters. The van der Waals surface area contributed by atoms with E-state index in [4.69, 9.17) is 15.2 Å². The number of ether oxygens (including phenoxy) is 2. The number of fused-ring (bicyclic) bond motifs is 1. The Balaban J connectivity index is 1.98. The summed E-state index contributed by atoms with van der Waals surface area (Å²) in [5.74, 6) is 0. The number of rotatable bonds is 2. The van der Waals surface area contributed by atoms with Gasteiger partial charge in [-0.3, -0.25) is 9.89 Å². The number of dihydropyridines is 1. The highest BCUT2D eigenvalue weighted by Crippen LogP contribution is 2.19. The first kappa shape index (κ1) is 11.5. The van der Waals surface area contributed by atoms with Crippen LogP contribution in [0, 0.1) is 0 Å². The number of nitrogens with two attached hydrogens (primary N) is 1. The second kappa shape index (κ2) is 4.90. The summed E-state index contributed by atoms with van der Waals surface area (Å²) in [7, 11) is 2.04. The number of aliphatic imine (C=N–C) groups is 1. The molecular weight excluding hydrogens is 226 g/mol. The lowest BCUT2D eigenvalue weighted by molar-refractivity contribution is -0.0344. The zero-order chi connectivity index (χ0) is 11.5. The summed E-state index contributed by atoms with van der Waals surface area (Å²) in [4.78, 5) is 6.61. The summed E-state index contributed by atoms with van der Waals surface area (Å²) in [6.07, 6.45) is 3.91. The van der Waals surface area contributed by atoms with E-state index in [0.717, 1.165) is 18.7 Å². The summed E-state index contributed by atoms with van der Waals surface area (Å²) in [5.41, 5.74) is 6.21. The number of likely N-dealkylation sites (N-methyl/N-ethyl adjacent to an activating group) is 1. The Morgan fingerprint density at radius 1 is 1.81 bits per heavy atom. The third-order valence-electron chi connectivity index (χ3n) is 2.65. The molecule has 0 aromatic rings. The normalized spacial score (nSPS) is 29.4. The van der Waals surface area contributed by atoms with Crippen molar-refractivity contribution in [3.63, 3.8) is 0 Å². The van der Waals surface area contributed by atoms with Crippen LogP contribution in [0.4, 0.5) is 0 Å². The van der Waals surface area contributed by atoms with Gasteiger partial charge in [-0.05, 0) is 25.3 Å². The Morgan fingerprint density at radius 3 is 3.38 bits per heavy atom. The molecule has 0 aromatic carbocycles. The van der Waals surface area contributed by atoms with Crippen LogP contribution in [0.5, 0.6) is 0 Å². The predicted molar refractivity (Wildman–Crippen MR) is 65.5 cm³/mol. The van der Waals surface area contributed by atoms with E-state index >= 15 is 0 Å². The summed E-state index contributed by atoms with van der Waals surface area (Å²) < 4.78 is 10.7. The van der Waals surface area contributed by atoms with E-state index in [1.807, 2.05) is 13.1 Å². The van der Waals surface area contributed by atoms with E-state index in [1.165, 1.54) is 0 Å². The molecule has 0 aliphatic carbocycles. The molecule has 16 heavy (non-hydrogen) atoms. The van der Waals surface area contributed by atoms with Crippen molar-refractivity contribution in [1.82, 2.24) is 4.90 Å². The topological polar surface area (TPSA) is 60.1 Å². The van der Waals surface area contributed by atoms with Gasteiger partial charge >= 0.3 is 0 Å². The van der Waals surface area contributed by atoms with Crippen molar-refractivity contribution in [3.05, 3.63) is 11.6 Å². The number of nitrogens with zero attached hydrogens (tertiary/aromatic N) is 2. The van der Waals surface area contributed by atoms with Gasteiger partial charge in [-0.15, -0.1) is 0 Å². The lowest BCUT2D eigenvalue weighted by atomic mass is 10.1. The maximum Gasteiger partial charge on any atom is 0.254 e. The van der Waals surface area contributed by atoms with Crippen LogP contribution in [0.1, 0.15) is 0 Å². The molecule has 2 N–H and O–H groups in total. The Kier molecular flexibility index (Phi) is 3.52. The van der Waals surface area contributed by atoms with Crippen LogP contribution in [-0.2, 0) is 9.47 Å². The zero-order valence-corrected chi connectivity index (χ0v) is 9.94. The van der Waals surface area contributed by atoms with Gasteiger partial charge in [-0.25, -0.2) is 0 Å². The van der Waals surface area contributed by atoms with Gasteiger partial charge in [0.15, 0.2) is 0 Å². The van der Waals surface area contributed by atoms with E-state index in [2.05, 4.69) is 22.1 Å². The smallest absolute Gasteiger partial charge is 0.254 e. The van der Waals surface area contributed by atoms with E-state index in [1.54, 1.807) is 6.21 Å². The fraction of sp³-hybridized carbons (Fsp3) is 0.600. The van der Waals surface area contributed by atoms with Crippen LogP contribution in [0.2, 0.25) is 0 Å². The van der Waals surface area contributed by atoms with Gasteiger partial charge in [-0.1, -0.05) is 0 Å². The third kappa shape index (κ3) is 2.58. The van der Waals surface area contributed by atoms with Crippen molar-refractivity contribution in [3.8, 4) is 0 Å². The average molecular weight is 241 g/mol. The first-order valence-electron chi connectivity index (χ1n) is 5.15. The van der Waals surface area contributed by atoms with Gasteiger partial charge in [0.1, 0.15) is 18.9 Å². The van der Waals surface area contributed by atoms with Crippen molar-refractivity contribution in [2.24, 2.45) is 10.7 Å². The largest absolute Gasteiger partial charge is 0.466 e. The fourth-order valence-corrected chi connectivity index (χ4v) is 1.86. The first-order chi connectivity index (χ1) is 7.66. The summed E-state index contributed by atoms with van der Waals surface area (Å²) in [6.45, 7) is 1.99. The minimum atomic E-state index is 0.00805. The molecular formula is C10H15N3O2S. The molecule has 0 amide bonds. The predicted octanol–water partition coefficient (Wildman–Crippen LogP) is -0.0859. The molecule has 0 bridgehead atoms. The van der Waals surface area contributed by atoms with Crippen molar-refractivity contribution in [2.75, 3.05) is 26.8 Å². The molecule has 88 valence electrons. The van der Waals surface area contributed by atoms with Gasteiger partial charge in [0.2, 0.25) is 0 Å². The second-order valence-electron chi connectivity index (χ2n) is 3.86. The average Bonchev–Trinajstić information content (AvgIpc) is 2.26. The molecule has 2 heterocycles. The lowest BCUT2D eigenvalue weighted by Crippen LogP contribution is -2.48. The van der Waals surface area contributed by atoms with Crippen molar-refractivity contribution in [1.29, 1.82) is 0 Å². The van der Waals surface area contributed by atoms with E-state index in [0.29, 0.717) is 6.61 Å². The molecule has 0 aromatic heterocycles. The number of hydrogen-bond donors (Lipinski definition) is 1. The fourth-order valence-electron chi connectivity index (χ4n) is 1.80. The highest BCUT2D eigenvalue weighted by Gasteiger charge is 2.30. The second-order valence-corrected chi connectivity index (χ2v) is 4.26. The standard InChI is InChI=1S/C10H15N3O2S/c1-13-2-3-14-8-4-7(5-12-9(8)13)6-15-10(11)16/h4-5,8-9H,2-3,6H2,1H3,(H2,11,16). The minimum absolute atomic E-state index is 0.00805. The van der Waals surface area contributed by atoms with E-state index in [-0.39, 0.29) is 17.4 Å². The molecule has 2 aliphatic rings. The lowest BCUT2D eigenvalue weighted by Gasteiger charge is -2.37. The SMILES string of the molecule is CN1CCOC2C=C(COC(N)=S)C=NC21. The molecule has 6 heteroatoms. The zero-order valence-electron chi connectivity index (χ0n) is 9.13. The Hall–Kier alpha value is -0.980. The van der Waals surface area contributed by atoms with Crippen LogP contribution in [0.3, 0.4) is 0 Å². The maximum atomic E-state index is 5.64. The number of thiocarbonyl (C=S) groups is 1. The van der Waals surface area contributed by atoms with Gasteiger partial charge in [-0.2, -0.15) is 0 Å². The van der Waals surface area contributed by atoms with Crippen LogP contribution in [0.15, 0.2) is 16.6 Å². The molecule has 2 rings (SSSR count). The van der Waals surface area contributed by atoms with Crippen molar-refractivity contribution >= 4 is 23.6 Å². The molecule has 1 fully saturated rings. The summed E-state index contributed by atoms with van der Waals surface area (Å²) >= 11 is 4.64. The van der Waals surface area contributed by atoms with Gasteiger partial charge < -0.3 is 15.2 Å². The summed E-state index contributed by atoms with van der Waals surface area (Å²) in [6, 6.07) is 0. The molecule has 1 saturated heterocycles. The number of morpholine rings is 1. The Morgan fingerprint density at radius 2 is 2.62 bits per heavy atom. The monoisotopic (exact) mass is 241 g/mol. The van der Waals surface area contributed by atoms with E-state index in [9.17, 15) is 0 Å². The van der Waals surface area contributed by atoms with Crippen LogP contribution in [0.25, 0.3) is 0 Å². The van der Waals surface area contributed by atoms with Crippen LogP contribution in [-0.4, -0.2) is 55.4 Å². The number of hydrogen-bond acceptors (Lipinski definition) is 5. The Bertz CT molecular complexity index is 343.